The Bertz CT molecular complexity index is 674. The Balaban J connectivity index is 4.33. The van der Waals surface area contributed by atoms with Crippen LogP contribution in [-0.4, -0.2) is 49.3 Å². The number of phosphoric acid groups is 1. The van der Waals surface area contributed by atoms with Crippen molar-refractivity contribution in [3.63, 3.8) is 0 Å². The number of hydrogen-bond donors (Lipinski definition) is 2. The van der Waals surface area contributed by atoms with Crippen molar-refractivity contribution in [1.82, 2.24) is 0 Å². The van der Waals surface area contributed by atoms with Crippen molar-refractivity contribution < 1.29 is 37.6 Å². The van der Waals surface area contributed by atoms with E-state index in [0.29, 0.717) is 6.42 Å². The third-order valence-corrected chi connectivity index (χ3v) is 7.14. The molecule has 9 nitrogen and oxygen atoms in total. The van der Waals surface area contributed by atoms with Crippen LogP contribution >= 0.6 is 7.82 Å². The Hall–Kier alpha value is -1.25. The molecule has 10 heteroatoms. The molecule has 0 heterocycles. The molecular formula is C29H56NO8P. The average molecular weight is 578 g/mol. The van der Waals surface area contributed by atoms with Crippen LogP contribution in [0, 0.1) is 0 Å². The van der Waals surface area contributed by atoms with Gasteiger partial charge < -0.3 is 20.1 Å². The van der Waals surface area contributed by atoms with E-state index >= 15 is 0 Å². The molecule has 0 aliphatic carbocycles. The summed E-state index contributed by atoms with van der Waals surface area (Å²) >= 11 is 0. The van der Waals surface area contributed by atoms with Gasteiger partial charge >= 0.3 is 19.8 Å². The largest absolute Gasteiger partial charge is 0.472 e. The van der Waals surface area contributed by atoms with Crippen molar-refractivity contribution in [3.05, 3.63) is 12.2 Å². The fraction of sp³-hybridized carbons (Fsp3) is 0.862. The second kappa shape index (κ2) is 26.9. The first-order valence-electron chi connectivity index (χ1n) is 15.2. The van der Waals surface area contributed by atoms with Gasteiger partial charge in [0, 0.05) is 19.4 Å². The third-order valence-electron chi connectivity index (χ3n) is 6.15. The first-order valence-corrected chi connectivity index (χ1v) is 16.7. The molecule has 1 unspecified atom stereocenters. The van der Waals surface area contributed by atoms with Gasteiger partial charge in [-0.2, -0.15) is 0 Å². The number of ether oxygens (including phenoxy) is 2. The summed E-state index contributed by atoms with van der Waals surface area (Å²) < 4.78 is 32.3. The van der Waals surface area contributed by atoms with Crippen molar-refractivity contribution in [3.8, 4) is 0 Å². The lowest BCUT2D eigenvalue weighted by Gasteiger charge is -2.19. The molecule has 3 N–H and O–H groups in total. The number of esters is 2. The van der Waals surface area contributed by atoms with Gasteiger partial charge in [0.15, 0.2) is 6.10 Å². The highest BCUT2D eigenvalue weighted by molar-refractivity contribution is 7.47. The van der Waals surface area contributed by atoms with E-state index in [9.17, 15) is 19.0 Å². The van der Waals surface area contributed by atoms with Crippen LogP contribution in [0.15, 0.2) is 12.2 Å². The molecule has 0 amide bonds. The fourth-order valence-corrected chi connectivity index (χ4v) is 4.61. The molecule has 0 spiro atoms. The van der Waals surface area contributed by atoms with E-state index in [4.69, 9.17) is 24.3 Å². The summed E-state index contributed by atoms with van der Waals surface area (Å²) in [5.74, 6) is -0.849. The van der Waals surface area contributed by atoms with E-state index in [1.165, 1.54) is 32.1 Å². The van der Waals surface area contributed by atoms with Gasteiger partial charge in [-0.05, 0) is 32.1 Å². The quantitative estimate of drug-likeness (QED) is 0.0430. The van der Waals surface area contributed by atoms with Crippen LogP contribution in [0.3, 0.4) is 0 Å². The number of allylic oxidation sites excluding steroid dienone is 2. The number of unbranched alkanes of at least 4 members (excludes halogenated alkanes) is 13. The molecule has 0 aromatic heterocycles. The lowest BCUT2D eigenvalue weighted by molar-refractivity contribution is -0.161. The molecule has 39 heavy (non-hydrogen) atoms. The van der Waals surface area contributed by atoms with Crippen molar-refractivity contribution >= 4 is 19.8 Å². The Morgan fingerprint density at radius 3 is 1.90 bits per heavy atom. The molecule has 0 aromatic carbocycles. The third kappa shape index (κ3) is 26.7. The zero-order valence-corrected chi connectivity index (χ0v) is 25.5. The molecular weight excluding hydrogens is 521 g/mol. The first kappa shape index (κ1) is 37.8. The number of carbonyl (C=O) groups is 2. The van der Waals surface area contributed by atoms with Crippen molar-refractivity contribution in [2.45, 2.75) is 136 Å². The van der Waals surface area contributed by atoms with Gasteiger partial charge in [0.1, 0.15) is 6.61 Å². The van der Waals surface area contributed by atoms with Crippen LogP contribution < -0.4 is 5.73 Å². The van der Waals surface area contributed by atoms with Crippen LogP contribution in [0.4, 0.5) is 0 Å². The van der Waals surface area contributed by atoms with Crippen molar-refractivity contribution in [2.24, 2.45) is 5.73 Å². The maximum atomic E-state index is 12.3. The van der Waals surface area contributed by atoms with Crippen LogP contribution in [0.1, 0.15) is 129 Å². The number of hydrogen-bond acceptors (Lipinski definition) is 8. The van der Waals surface area contributed by atoms with Gasteiger partial charge in [0.2, 0.25) is 0 Å². The summed E-state index contributed by atoms with van der Waals surface area (Å²) in [7, 11) is -4.35. The van der Waals surface area contributed by atoms with E-state index in [1.807, 2.05) is 0 Å². The zero-order chi connectivity index (χ0) is 29.0. The minimum absolute atomic E-state index is 0.0540. The first-order chi connectivity index (χ1) is 18.8. The number of carbonyl (C=O) groups excluding carboxylic acids is 2. The molecule has 0 saturated heterocycles. The minimum Gasteiger partial charge on any atom is -0.462 e. The number of rotatable bonds is 28. The molecule has 0 saturated carbocycles. The Morgan fingerprint density at radius 1 is 0.744 bits per heavy atom. The summed E-state index contributed by atoms with van der Waals surface area (Å²) in [6, 6.07) is 0. The van der Waals surface area contributed by atoms with E-state index < -0.39 is 32.5 Å². The number of nitrogens with two attached hydrogens (primary N) is 1. The highest BCUT2D eigenvalue weighted by Gasteiger charge is 2.25. The van der Waals surface area contributed by atoms with Gasteiger partial charge in [0.25, 0.3) is 0 Å². The highest BCUT2D eigenvalue weighted by atomic mass is 31.2. The summed E-state index contributed by atoms with van der Waals surface area (Å²) in [4.78, 5) is 34.3. The summed E-state index contributed by atoms with van der Waals surface area (Å²) in [6.07, 6.45) is 21.2. The van der Waals surface area contributed by atoms with Gasteiger partial charge in [-0.25, -0.2) is 4.57 Å². The van der Waals surface area contributed by atoms with E-state index in [1.54, 1.807) is 0 Å². The predicted octanol–water partition coefficient (Wildman–Crippen LogP) is 7.15. The average Bonchev–Trinajstić information content (AvgIpc) is 2.91. The predicted molar refractivity (Wildman–Crippen MR) is 155 cm³/mol. The normalized spacial score (nSPS) is 13.8. The molecule has 2 atom stereocenters. The second-order valence-corrected chi connectivity index (χ2v) is 11.4. The van der Waals surface area contributed by atoms with Crippen LogP contribution in [-0.2, 0) is 32.7 Å². The van der Waals surface area contributed by atoms with Gasteiger partial charge in [-0.3, -0.25) is 18.6 Å². The monoisotopic (exact) mass is 577 g/mol. The van der Waals surface area contributed by atoms with Crippen LogP contribution in [0.25, 0.3) is 0 Å². The van der Waals surface area contributed by atoms with Crippen molar-refractivity contribution in [2.75, 3.05) is 26.4 Å². The molecule has 0 radical (unpaired) electrons. The van der Waals surface area contributed by atoms with Crippen LogP contribution in [0.2, 0.25) is 0 Å². The SMILES string of the molecule is CCCC/C=C/CCCCCCCC(=O)OC[C@H](COP(=O)(O)OCCN)OC(=O)CCCCCCCCC. The lowest BCUT2D eigenvalue weighted by atomic mass is 10.1. The topological polar surface area (TPSA) is 134 Å². The molecule has 0 fully saturated rings. The maximum Gasteiger partial charge on any atom is 0.472 e. The second-order valence-electron chi connectivity index (χ2n) is 9.97. The molecule has 0 aliphatic rings. The maximum absolute atomic E-state index is 12.3. The number of phosphoric ester groups is 1. The van der Waals surface area contributed by atoms with Gasteiger partial charge in [-0.15, -0.1) is 0 Å². The van der Waals surface area contributed by atoms with Crippen LogP contribution in [0.5, 0.6) is 0 Å². The lowest BCUT2D eigenvalue weighted by Crippen LogP contribution is -2.29. The fourth-order valence-electron chi connectivity index (χ4n) is 3.85. The van der Waals surface area contributed by atoms with Gasteiger partial charge in [0.05, 0.1) is 13.2 Å². The highest BCUT2D eigenvalue weighted by Crippen LogP contribution is 2.43. The van der Waals surface area contributed by atoms with Crippen molar-refractivity contribution in [1.29, 1.82) is 0 Å². The van der Waals surface area contributed by atoms with E-state index in [-0.39, 0.29) is 32.6 Å². The summed E-state index contributed by atoms with van der Waals surface area (Å²) in [5.41, 5.74) is 5.29. The molecule has 0 aliphatic heterocycles. The van der Waals surface area contributed by atoms with Gasteiger partial charge in [-0.1, -0.05) is 96.6 Å². The molecule has 0 bridgehead atoms. The Kier molecular flexibility index (Phi) is 26.1. The Labute approximate surface area is 237 Å². The minimum atomic E-state index is -4.35. The van der Waals surface area contributed by atoms with E-state index in [2.05, 4.69) is 26.0 Å². The summed E-state index contributed by atoms with van der Waals surface area (Å²) in [5, 5.41) is 0. The standard InChI is InChI=1S/C29H56NO8P/c1-3-5-7-9-11-12-13-14-16-17-19-21-28(31)35-25-27(26-37-39(33,34)36-24-23-30)38-29(32)22-20-18-15-10-8-6-4-2/h9,11,27H,3-8,10,12-26,30H2,1-2H3,(H,33,34)/b11-9+/t27-/m1/s1. The molecule has 230 valence electrons. The molecule has 0 aromatic rings. The molecule has 0 rings (SSSR count). The summed E-state index contributed by atoms with van der Waals surface area (Å²) in [6.45, 7) is 3.59. The zero-order valence-electron chi connectivity index (χ0n) is 24.6. The van der Waals surface area contributed by atoms with E-state index in [0.717, 1.165) is 64.2 Å². The smallest absolute Gasteiger partial charge is 0.462 e. The Morgan fingerprint density at radius 2 is 1.28 bits per heavy atom.